The van der Waals surface area contributed by atoms with E-state index in [0.29, 0.717) is 11.4 Å². The van der Waals surface area contributed by atoms with Crippen molar-refractivity contribution in [2.24, 2.45) is 0 Å². The molecule has 68 valence electrons. The van der Waals surface area contributed by atoms with E-state index in [0.717, 1.165) is 5.56 Å². The van der Waals surface area contributed by atoms with Crippen LogP contribution >= 0.6 is 0 Å². The summed E-state index contributed by atoms with van der Waals surface area (Å²) < 4.78 is 5.03. The summed E-state index contributed by atoms with van der Waals surface area (Å²) in [5, 5.41) is 8.78. The summed E-state index contributed by atoms with van der Waals surface area (Å²) >= 11 is 0. The molecular formula is C10H12N2O. The van der Waals surface area contributed by atoms with Crippen molar-refractivity contribution in [3.8, 4) is 11.8 Å². The molecule has 0 aliphatic rings. The molecule has 0 radical (unpaired) electrons. The third-order valence-electron chi connectivity index (χ3n) is 1.86. The number of nitriles is 1. The van der Waals surface area contributed by atoms with Gasteiger partial charge in [0.05, 0.1) is 13.3 Å². The van der Waals surface area contributed by atoms with E-state index in [1.54, 1.807) is 13.3 Å². The monoisotopic (exact) mass is 176 g/mol. The van der Waals surface area contributed by atoms with E-state index < -0.39 is 0 Å². The molecule has 0 aromatic carbocycles. The van der Waals surface area contributed by atoms with Crippen LogP contribution in [-0.4, -0.2) is 12.1 Å². The molecule has 3 nitrogen and oxygen atoms in total. The summed E-state index contributed by atoms with van der Waals surface area (Å²) in [7, 11) is 1.59. The topological polar surface area (TPSA) is 45.9 Å². The van der Waals surface area contributed by atoms with Gasteiger partial charge in [-0.2, -0.15) is 5.26 Å². The third-order valence-corrected chi connectivity index (χ3v) is 1.86. The van der Waals surface area contributed by atoms with Gasteiger partial charge in [-0.25, -0.2) is 4.98 Å². The van der Waals surface area contributed by atoms with Gasteiger partial charge >= 0.3 is 0 Å². The molecule has 0 bridgehead atoms. The van der Waals surface area contributed by atoms with Gasteiger partial charge in [-0.15, -0.1) is 0 Å². The number of nitrogens with zero attached hydrogens (tertiary/aromatic N) is 2. The van der Waals surface area contributed by atoms with Crippen LogP contribution in [0.25, 0.3) is 0 Å². The highest BCUT2D eigenvalue weighted by atomic mass is 16.5. The molecule has 1 aromatic heterocycles. The molecule has 0 aliphatic heterocycles. The maximum Gasteiger partial charge on any atom is 0.144 e. The highest BCUT2D eigenvalue weighted by Gasteiger charge is 2.08. The molecule has 0 N–H and O–H groups in total. The highest BCUT2D eigenvalue weighted by Crippen LogP contribution is 2.21. The smallest absolute Gasteiger partial charge is 0.144 e. The zero-order valence-electron chi connectivity index (χ0n) is 8.03. The Bertz CT molecular complexity index is 339. The van der Waals surface area contributed by atoms with Crippen molar-refractivity contribution in [1.82, 2.24) is 4.98 Å². The molecule has 0 atom stereocenters. The van der Waals surface area contributed by atoms with E-state index >= 15 is 0 Å². The first-order chi connectivity index (χ1) is 6.19. The van der Waals surface area contributed by atoms with E-state index in [2.05, 4.69) is 11.1 Å². The Kier molecular flexibility index (Phi) is 2.86. The molecule has 3 heteroatoms. The molecule has 0 amide bonds. The molecule has 0 fully saturated rings. The molecule has 0 spiro atoms. The first-order valence-electron chi connectivity index (χ1n) is 4.13. The number of ether oxygens (including phenoxy) is 1. The van der Waals surface area contributed by atoms with E-state index in [1.165, 1.54) is 0 Å². The largest absolute Gasteiger partial charge is 0.495 e. The van der Waals surface area contributed by atoms with Crippen molar-refractivity contribution in [1.29, 1.82) is 5.26 Å². The van der Waals surface area contributed by atoms with Crippen molar-refractivity contribution in [2.75, 3.05) is 7.11 Å². The van der Waals surface area contributed by atoms with Crippen molar-refractivity contribution in [2.45, 2.75) is 19.8 Å². The molecule has 0 unspecified atom stereocenters. The van der Waals surface area contributed by atoms with Crippen molar-refractivity contribution < 1.29 is 4.74 Å². The molecule has 0 aliphatic carbocycles. The molecule has 1 aromatic rings. The summed E-state index contributed by atoms with van der Waals surface area (Å²) in [6.45, 7) is 4.05. The van der Waals surface area contributed by atoms with Crippen LogP contribution in [0.2, 0.25) is 0 Å². The molecule has 0 saturated carbocycles. The summed E-state index contributed by atoms with van der Waals surface area (Å²) in [5.41, 5.74) is 1.41. The number of aromatic nitrogens is 1. The average Bonchev–Trinajstić information content (AvgIpc) is 2.16. The van der Waals surface area contributed by atoms with Gasteiger partial charge in [0, 0.05) is 0 Å². The van der Waals surface area contributed by atoms with Gasteiger partial charge in [-0.05, 0) is 17.5 Å². The fourth-order valence-electron chi connectivity index (χ4n) is 1.11. The van der Waals surface area contributed by atoms with E-state index in [1.807, 2.05) is 19.9 Å². The zero-order valence-corrected chi connectivity index (χ0v) is 8.03. The second-order valence-corrected chi connectivity index (χ2v) is 3.08. The maximum atomic E-state index is 8.78. The van der Waals surface area contributed by atoms with Gasteiger partial charge in [-0.1, -0.05) is 13.8 Å². The van der Waals surface area contributed by atoms with Crippen LogP contribution in [0.5, 0.6) is 5.75 Å². The lowest BCUT2D eigenvalue weighted by Crippen LogP contribution is -1.97. The van der Waals surface area contributed by atoms with E-state index in [4.69, 9.17) is 10.00 Å². The molecule has 0 saturated heterocycles. The molecular weight excluding hydrogens is 164 g/mol. The maximum absolute atomic E-state index is 8.78. The first-order valence-corrected chi connectivity index (χ1v) is 4.13. The average molecular weight is 176 g/mol. The first kappa shape index (κ1) is 9.53. The fourth-order valence-corrected chi connectivity index (χ4v) is 1.11. The minimum Gasteiger partial charge on any atom is -0.495 e. The van der Waals surface area contributed by atoms with Gasteiger partial charge < -0.3 is 4.74 Å². The van der Waals surface area contributed by atoms with Gasteiger partial charge in [-0.3, -0.25) is 0 Å². The summed E-state index contributed by atoms with van der Waals surface area (Å²) in [5.74, 6) is 0.986. The predicted molar refractivity (Wildman–Crippen MR) is 49.6 cm³/mol. The number of pyridine rings is 1. The quantitative estimate of drug-likeness (QED) is 0.693. The molecule has 1 rings (SSSR count). The number of hydrogen-bond donors (Lipinski definition) is 0. The minimum absolute atomic E-state index is 0.289. The van der Waals surface area contributed by atoms with Crippen molar-refractivity contribution in [3.05, 3.63) is 23.5 Å². The van der Waals surface area contributed by atoms with Gasteiger partial charge in [0.1, 0.15) is 17.5 Å². The van der Waals surface area contributed by atoms with Crippen molar-refractivity contribution in [3.63, 3.8) is 0 Å². The Morgan fingerprint density at radius 3 is 2.69 bits per heavy atom. The van der Waals surface area contributed by atoms with Crippen LogP contribution in [0.1, 0.15) is 31.0 Å². The standard InChI is InChI=1S/C10H12N2O/c1-7(2)9-4-8(13-3)6-12-10(9)5-11/h4,6-7H,1-3H3. The van der Waals surface area contributed by atoms with E-state index in [-0.39, 0.29) is 5.92 Å². The van der Waals surface area contributed by atoms with Crippen LogP contribution in [0, 0.1) is 11.3 Å². The second-order valence-electron chi connectivity index (χ2n) is 3.08. The van der Waals surface area contributed by atoms with Crippen LogP contribution in [0.15, 0.2) is 12.3 Å². The number of hydrogen-bond acceptors (Lipinski definition) is 3. The Morgan fingerprint density at radius 2 is 2.23 bits per heavy atom. The van der Waals surface area contributed by atoms with Crippen molar-refractivity contribution >= 4 is 0 Å². The fraction of sp³-hybridized carbons (Fsp3) is 0.400. The normalized spacial score (nSPS) is 9.77. The number of rotatable bonds is 2. The van der Waals surface area contributed by atoms with E-state index in [9.17, 15) is 0 Å². The molecule has 1 heterocycles. The Balaban J connectivity index is 3.20. The Hall–Kier alpha value is -1.56. The van der Waals surface area contributed by atoms with Crippen LogP contribution in [0.3, 0.4) is 0 Å². The summed E-state index contributed by atoms with van der Waals surface area (Å²) in [6.07, 6.45) is 1.56. The second kappa shape index (κ2) is 3.90. The number of methoxy groups -OCH3 is 1. The summed E-state index contributed by atoms with van der Waals surface area (Å²) in [4.78, 5) is 4.00. The van der Waals surface area contributed by atoms with Crippen LogP contribution in [0.4, 0.5) is 0 Å². The lowest BCUT2D eigenvalue weighted by Gasteiger charge is -2.08. The predicted octanol–water partition coefficient (Wildman–Crippen LogP) is 2.09. The lowest BCUT2D eigenvalue weighted by molar-refractivity contribution is 0.412. The van der Waals surface area contributed by atoms with Gasteiger partial charge in [0.15, 0.2) is 0 Å². The van der Waals surface area contributed by atoms with Gasteiger partial charge in [0.2, 0.25) is 0 Å². The summed E-state index contributed by atoms with van der Waals surface area (Å²) in [6, 6.07) is 3.92. The van der Waals surface area contributed by atoms with Gasteiger partial charge in [0.25, 0.3) is 0 Å². The Morgan fingerprint density at radius 1 is 1.54 bits per heavy atom. The third kappa shape index (κ3) is 1.97. The highest BCUT2D eigenvalue weighted by molar-refractivity contribution is 5.38. The molecule has 13 heavy (non-hydrogen) atoms. The Labute approximate surface area is 78.0 Å². The van der Waals surface area contributed by atoms with Crippen LogP contribution in [-0.2, 0) is 0 Å². The lowest BCUT2D eigenvalue weighted by atomic mass is 10.0. The SMILES string of the molecule is COc1cnc(C#N)c(C(C)C)c1. The minimum atomic E-state index is 0.289. The zero-order chi connectivity index (χ0) is 9.84. The van der Waals surface area contributed by atoms with Crippen LogP contribution < -0.4 is 4.74 Å².